The number of hydrogen-bond donors (Lipinski definition) is 2. The normalized spacial score (nSPS) is 10.2. The fourth-order valence-corrected chi connectivity index (χ4v) is 1.75. The average Bonchev–Trinajstić information content (AvgIpc) is 2.88. The SMILES string of the molecule is O=C(COc1ccc(Cl)cc1Cl)NCc1ncn[nH]1. The van der Waals surface area contributed by atoms with E-state index in [0.717, 1.165) is 0 Å². The van der Waals surface area contributed by atoms with Crippen LogP contribution >= 0.6 is 23.2 Å². The fourth-order valence-electron chi connectivity index (χ4n) is 1.28. The topological polar surface area (TPSA) is 79.9 Å². The van der Waals surface area contributed by atoms with E-state index in [9.17, 15) is 4.79 Å². The summed E-state index contributed by atoms with van der Waals surface area (Å²) in [6.07, 6.45) is 1.37. The monoisotopic (exact) mass is 300 g/mol. The second-order valence-corrected chi connectivity index (χ2v) is 4.42. The Morgan fingerprint density at radius 1 is 1.42 bits per heavy atom. The second-order valence-electron chi connectivity index (χ2n) is 3.57. The van der Waals surface area contributed by atoms with E-state index in [2.05, 4.69) is 20.5 Å². The minimum atomic E-state index is -0.289. The number of carbonyl (C=O) groups is 1. The molecule has 0 unspecified atom stereocenters. The van der Waals surface area contributed by atoms with Gasteiger partial charge in [-0.3, -0.25) is 9.89 Å². The minimum Gasteiger partial charge on any atom is -0.482 e. The zero-order valence-corrected chi connectivity index (χ0v) is 11.2. The van der Waals surface area contributed by atoms with Crippen LogP contribution in [-0.4, -0.2) is 27.7 Å². The van der Waals surface area contributed by atoms with Gasteiger partial charge in [-0.2, -0.15) is 5.10 Å². The molecular formula is C11H10Cl2N4O2. The van der Waals surface area contributed by atoms with E-state index in [1.807, 2.05) is 0 Å². The summed E-state index contributed by atoms with van der Waals surface area (Å²) in [7, 11) is 0. The molecule has 0 radical (unpaired) electrons. The van der Waals surface area contributed by atoms with Crippen molar-refractivity contribution < 1.29 is 9.53 Å². The summed E-state index contributed by atoms with van der Waals surface area (Å²) in [4.78, 5) is 15.4. The van der Waals surface area contributed by atoms with E-state index in [-0.39, 0.29) is 19.1 Å². The second kappa shape index (κ2) is 6.40. The van der Waals surface area contributed by atoms with Crippen LogP contribution in [0.2, 0.25) is 10.0 Å². The van der Waals surface area contributed by atoms with E-state index < -0.39 is 0 Å². The van der Waals surface area contributed by atoms with Gasteiger partial charge in [-0.05, 0) is 18.2 Å². The maximum Gasteiger partial charge on any atom is 0.258 e. The molecule has 2 rings (SSSR count). The first-order valence-electron chi connectivity index (χ1n) is 5.34. The lowest BCUT2D eigenvalue weighted by molar-refractivity contribution is -0.123. The van der Waals surface area contributed by atoms with Gasteiger partial charge in [0, 0.05) is 5.02 Å². The molecule has 0 aliphatic heterocycles. The molecule has 0 saturated heterocycles. The summed E-state index contributed by atoms with van der Waals surface area (Å²) < 4.78 is 5.27. The van der Waals surface area contributed by atoms with E-state index in [1.165, 1.54) is 6.33 Å². The maximum absolute atomic E-state index is 11.5. The number of nitrogens with one attached hydrogen (secondary N) is 2. The average molecular weight is 301 g/mol. The number of ether oxygens (including phenoxy) is 1. The Morgan fingerprint density at radius 2 is 2.26 bits per heavy atom. The largest absolute Gasteiger partial charge is 0.482 e. The van der Waals surface area contributed by atoms with Crippen LogP contribution in [0.3, 0.4) is 0 Å². The van der Waals surface area contributed by atoms with Crippen molar-refractivity contribution in [2.45, 2.75) is 6.54 Å². The molecule has 1 aromatic heterocycles. The van der Waals surface area contributed by atoms with E-state index in [0.29, 0.717) is 21.6 Å². The third-order valence-corrected chi connectivity index (χ3v) is 2.70. The number of hydrogen-bond acceptors (Lipinski definition) is 4. The van der Waals surface area contributed by atoms with Gasteiger partial charge in [0.15, 0.2) is 6.61 Å². The molecule has 100 valence electrons. The molecule has 2 N–H and O–H groups in total. The summed E-state index contributed by atoms with van der Waals surface area (Å²) in [6, 6.07) is 4.79. The molecule has 0 aliphatic rings. The molecule has 2 aromatic rings. The number of aromatic amines is 1. The first-order chi connectivity index (χ1) is 9.15. The molecule has 0 aliphatic carbocycles. The molecule has 0 saturated carbocycles. The molecule has 1 aromatic carbocycles. The molecule has 0 spiro atoms. The van der Waals surface area contributed by atoms with Crippen molar-refractivity contribution >= 4 is 29.1 Å². The van der Waals surface area contributed by atoms with Gasteiger partial charge in [-0.15, -0.1) is 0 Å². The maximum atomic E-state index is 11.5. The first kappa shape index (κ1) is 13.6. The number of H-pyrrole nitrogens is 1. The van der Waals surface area contributed by atoms with Gasteiger partial charge in [0.25, 0.3) is 5.91 Å². The highest BCUT2D eigenvalue weighted by molar-refractivity contribution is 6.35. The Balaban J connectivity index is 1.80. The van der Waals surface area contributed by atoms with Gasteiger partial charge in [-0.25, -0.2) is 4.98 Å². The van der Waals surface area contributed by atoms with Crippen LogP contribution in [0, 0.1) is 0 Å². The molecule has 0 fully saturated rings. The predicted octanol–water partition coefficient (Wildman–Crippen LogP) is 1.81. The summed E-state index contributed by atoms with van der Waals surface area (Å²) >= 11 is 11.7. The molecule has 19 heavy (non-hydrogen) atoms. The van der Waals surface area contributed by atoms with Crippen LogP contribution in [0.15, 0.2) is 24.5 Å². The number of amides is 1. The first-order valence-corrected chi connectivity index (χ1v) is 6.09. The molecule has 0 atom stereocenters. The van der Waals surface area contributed by atoms with Gasteiger partial charge in [-0.1, -0.05) is 23.2 Å². The smallest absolute Gasteiger partial charge is 0.258 e. The van der Waals surface area contributed by atoms with Crippen molar-refractivity contribution in [3.05, 3.63) is 40.4 Å². The lowest BCUT2D eigenvalue weighted by atomic mass is 10.3. The third-order valence-electron chi connectivity index (χ3n) is 2.17. The van der Waals surface area contributed by atoms with Gasteiger partial charge < -0.3 is 10.1 Å². The highest BCUT2D eigenvalue weighted by atomic mass is 35.5. The molecule has 0 bridgehead atoms. The van der Waals surface area contributed by atoms with Gasteiger partial charge in [0.2, 0.25) is 0 Å². The Hall–Kier alpha value is -1.79. The Labute approximate surface area is 119 Å². The Kier molecular flexibility index (Phi) is 4.59. The molecule has 1 heterocycles. The van der Waals surface area contributed by atoms with Crippen LogP contribution in [-0.2, 0) is 11.3 Å². The number of benzene rings is 1. The van der Waals surface area contributed by atoms with Crippen molar-refractivity contribution in [2.24, 2.45) is 0 Å². The van der Waals surface area contributed by atoms with E-state index in [1.54, 1.807) is 18.2 Å². The summed E-state index contributed by atoms with van der Waals surface area (Å²) in [5, 5.41) is 9.78. The van der Waals surface area contributed by atoms with Gasteiger partial charge >= 0.3 is 0 Å². The van der Waals surface area contributed by atoms with E-state index >= 15 is 0 Å². The fraction of sp³-hybridized carbons (Fsp3) is 0.182. The molecule has 6 nitrogen and oxygen atoms in total. The molecule has 1 amide bonds. The molecular weight excluding hydrogens is 291 g/mol. The Bertz CT molecular complexity index is 560. The zero-order chi connectivity index (χ0) is 13.7. The van der Waals surface area contributed by atoms with Crippen molar-refractivity contribution in [3.63, 3.8) is 0 Å². The quantitative estimate of drug-likeness (QED) is 0.882. The molecule has 8 heteroatoms. The number of halogens is 2. The highest BCUT2D eigenvalue weighted by Gasteiger charge is 2.07. The standard InChI is InChI=1S/C11H10Cl2N4O2/c12-7-1-2-9(8(13)3-7)19-5-11(18)14-4-10-15-6-16-17-10/h1-3,6H,4-5H2,(H,14,18)(H,15,16,17). The highest BCUT2D eigenvalue weighted by Crippen LogP contribution is 2.27. The van der Waals surface area contributed by atoms with Gasteiger partial charge in [0.05, 0.1) is 11.6 Å². The van der Waals surface area contributed by atoms with Crippen LogP contribution in [0.4, 0.5) is 0 Å². The van der Waals surface area contributed by atoms with Crippen LogP contribution < -0.4 is 10.1 Å². The number of nitrogens with zero attached hydrogens (tertiary/aromatic N) is 2. The number of carbonyl (C=O) groups excluding carboxylic acids is 1. The van der Waals surface area contributed by atoms with Gasteiger partial charge in [0.1, 0.15) is 17.9 Å². The summed E-state index contributed by atoms with van der Waals surface area (Å²) in [5.41, 5.74) is 0. The lowest BCUT2D eigenvalue weighted by Crippen LogP contribution is -2.28. The zero-order valence-electron chi connectivity index (χ0n) is 9.69. The number of aromatic nitrogens is 3. The number of rotatable bonds is 5. The van der Waals surface area contributed by atoms with Crippen molar-refractivity contribution in [3.8, 4) is 5.75 Å². The van der Waals surface area contributed by atoms with Crippen LogP contribution in [0.5, 0.6) is 5.75 Å². The van der Waals surface area contributed by atoms with Crippen molar-refractivity contribution in [1.82, 2.24) is 20.5 Å². The third kappa shape index (κ3) is 4.11. The summed E-state index contributed by atoms with van der Waals surface area (Å²) in [6.45, 7) is 0.117. The van der Waals surface area contributed by atoms with Crippen molar-refractivity contribution in [2.75, 3.05) is 6.61 Å². The predicted molar refractivity (Wildman–Crippen MR) is 70.2 cm³/mol. The minimum absolute atomic E-state index is 0.143. The van der Waals surface area contributed by atoms with E-state index in [4.69, 9.17) is 27.9 Å². The summed E-state index contributed by atoms with van der Waals surface area (Å²) in [5.74, 6) is 0.682. The van der Waals surface area contributed by atoms with Crippen LogP contribution in [0.1, 0.15) is 5.82 Å². The van der Waals surface area contributed by atoms with Crippen LogP contribution in [0.25, 0.3) is 0 Å². The lowest BCUT2D eigenvalue weighted by Gasteiger charge is -2.08. The Morgan fingerprint density at radius 3 is 2.95 bits per heavy atom. The van der Waals surface area contributed by atoms with Crippen molar-refractivity contribution in [1.29, 1.82) is 0 Å².